The number of amides is 1. The number of carboxylic acid groups (broad SMARTS) is 1. The molecule has 1 atom stereocenters. The maximum absolute atomic E-state index is 12.6. The average Bonchev–Trinajstić information content (AvgIpc) is 3.16. The molecule has 9 heteroatoms. The highest BCUT2D eigenvalue weighted by Gasteiger charge is 2.21. The highest BCUT2D eigenvalue weighted by atomic mass is 35.5. The summed E-state index contributed by atoms with van der Waals surface area (Å²) in [6, 6.07) is 14.7. The molecule has 7 nitrogen and oxygen atoms in total. The van der Waals surface area contributed by atoms with E-state index in [9.17, 15) is 9.59 Å². The molecule has 1 unspecified atom stereocenters. The van der Waals surface area contributed by atoms with Crippen LogP contribution in [0.1, 0.15) is 36.8 Å². The molecule has 0 fully saturated rings. The lowest BCUT2D eigenvalue weighted by molar-refractivity contribution is -0.133. The van der Waals surface area contributed by atoms with E-state index in [-0.39, 0.29) is 5.75 Å². The number of ether oxygens (including phenoxy) is 1. The second-order valence-corrected chi connectivity index (χ2v) is 8.36. The number of carboxylic acids is 1. The Morgan fingerprint density at radius 3 is 2.59 bits per heavy atom. The van der Waals surface area contributed by atoms with Gasteiger partial charge < -0.3 is 14.4 Å². The van der Waals surface area contributed by atoms with Crippen molar-refractivity contribution < 1.29 is 24.0 Å². The van der Waals surface area contributed by atoms with Gasteiger partial charge in [0.1, 0.15) is 17.5 Å². The van der Waals surface area contributed by atoms with Crippen LogP contribution in [0.25, 0.3) is 11.3 Å². The second-order valence-electron chi connectivity index (χ2n) is 6.96. The number of aliphatic carboxylic acids is 1. The topological polar surface area (TPSA) is 102 Å². The highest BCUT2D eigenvalue weighted by molar-refractivity contribution is 7.99. The summed E-state index contributed by atoms with van der Waals surface area (Å²) < 4.78 is 11.0. The number of aryl methyl sites for hydroxylation is 1. The number of halogens is 1. The van der Waals surface area contributed by atoms with Gasteiger partial charge in [-0.05, 0) is 25.0 Å². The Hall–Kier alpha value is -2.97. The van der Waals surface area contributed by atoms with Crippen LogP contribution in [-0.2, 0) is 21.7 Å². The lowest BCUT2D eigenvalue weighted by Gasteiger charge is -2.15. The van der Waals surface area contributed by atoms with E-state index < -0.39 is 18.2 Å². The van der Waals surface area contributed by atoms with E-state index in [4.69, 9.17) is 26.0 Å². The van der Waals surface area contributed by atoms with Gasteiger partial charge in [0.25, 0.3) is 0 Å². The fourth-order valence-electron chi connectivity index (χ4n) is 3.06. The third kappa shape index (κ3) is 6.05. The summed E-state index contributed by atoms with van der Waals surface area (Å²) in [5, 5.41) is 16.1. The second kappa shape index (κ2) is 11.1. The van der Waals surface area contributed by atoms with Gasteiger partial charge in [-0.25, -0.2) is 4.79 Å². The van der Waals surface area contributed by atoms with Crippen molar-refractivity contribution in [1.82, 2.24) is 5.16 Å². The van der Waals surface area contributed by atoms with Gasteiger partial charge in [-0.1, -0.05) is 66.1 Å². The van der Waals surface area contributed by atoms with E-state index in [1.54, 1.807) is 19.1 Å². The van der Waals surface area contributed by atoms with Gasteiger partial charge >= 0.3 is 12.1 Å². The molecule has 1 heterocycles. The monoisotopic (exact) mass is 474 g/mol. The van der Waals surface area contributed by atoms with E-state index in [2.05, 4.69) is 10.5 Å². The minimum atomic E-state index is -0.841. The molecular formula is C23H23ClN2O5S. The van der Waals surface area contributed by atoms with E-state index in [0.717, 1.165) is 11.1 Å². The Morgan fingerprint density at radius 2 is 1.94 bits per heavy atom. The number of carbonyl (C=O) groups excluding carboxylic acids is 1. The maximum Gasteiger partial charge on any atom is 0.412 e. The number of aromatic nitrogens is 1. The van der Waals surface area contributed by atoms with Crippen molar-refractivity contribution in [1.29, 1.82) is 0 Å². The zero-order chi connectivity index (χ0) is 23.1. The first-order valence-corrected chi connectivity index (χ1v) is 11.5. The Morgan fingerprint density at radius 1 is 1.22 bits per heavy atom. The standard InChI is InChI=1S/C23H23ClN2O5S/c1-3-19-21(25-23(29)30-14(2)17-6-4-5-7-18(17)24)22(31-26-19)16-10-8-15(9-11-16)12-32-13-20(27)28/h4-11,14H,3,12-13H2,1-2H3,(H,25,29)(H,27,28). The summed E-state index contributed by atoms with van der Waals surface area (Å²) in [6.45, 7) is 3.66. The number of carbonyl (C=O) groups is 2. The number of benzene rings is 2. The van der Waals surface area contributed by atoms with Crippen molar-refractivity contribution in [2.45, 2.75) is 32.1 Å². The number of anilines is 1. The smallest absolute Gasteiger partial charge is 0.412 e. The summed E-state index contributed by atoms with van der Waals surface area (Å²) in [5.41, 5.74) is 3.48. The van der Waals surface area contributed by atoms with Gasteiger partial charge in [-0.3, -0.25) is 10.1 Å². The lowest BCUT2D eigenvalue weighted by Crippen LogP contribution is -2.17. The fraction of sp³-hybridized carbons (Fsp3) is 0.261. The molecule has 32 heavy (non-hydrogen) atoms. The van der Waals surface area contributed by atoms with Crippen LogP contribution in [0, 0.1) is 0 Å². The lowest BCUT2D eigenvalue weighted by atomic mass is 10.1. The van der Waals surface area contributed by atoms with Crippen molar-refractivity contribution in [3.8, 4) is 11.3 Å². The summed E-state index contributed by atoms with van der Waals surface area (Å²) in [5.74, 6) is 0.216. The van der Waals surface area contributed by atoms with Crippen LogP contribution in [0.5, 0.6) is 0 Å². The molecule has 0 aliphatic rings. The minimum absolute atomic E-state index is 0.0481. The predicted octanol–water partition coefficient (Wildman–Crippen LogP) is 6.18. The van der Waals surface area contributed by atoms with E-state index in [1.165, 1.54) is 11.8 Å². The van der Waals surface area contributed by atoms with Crippen LogP contribution in [-0.4, -0.2) is 28.1 Å². The molecule has 0 aliphatic heterocycles. The molecule has 0 bridgehead atoms. The van der Waals surface area contributed by atoms with Crippen LogP contribution >= 0.6 is 23.4 Å². The largest absolute Gasteiger partial charge is 0.481 e. The number of hydrogen-bond acceptors (Lipinski definition) is 6. The summed E-state index contributed by atoms with van der Waals surface area (Å²) in [4.78, 5) is 23.2. The van der Waals surface area contributed by atoms with Crippen molar-refractivity contribution >= 4 is 41.1 Å². The van der Waals surface area contributed by atoms with Crippen LogP contribution in [0.4, 0.5) is 10.5 Å². The normalized spacial score (nSPS) is 11.7. The van der Waals surface area contributed by atoms with Crippen LogP contribution in [0.15, 0.2) is 53.1 Å². The molecule has 168 valence electrons. The molecule has 1 amide bonds. The molecule has 0 aliphatic carbocycles. The molecule has 0 saturated heterocycles. The van der Waals surface area contributed by atoms with Gasteiger partial charge in [0, 0.05) is 21.9 Å². The van der Waals surface area contributed by atoms with Crippen molar-refractivity contribution in [3.05, 3.63) is 70.4 Å². The fourth-order valence-corrected chi connectivity index (χ4v) is 4.05. The predicted molar refractivity (Wildman–Crippen MR) is 125 cm³/mol. The minimum Gasteiger partial charge on any atom is -0.481 e. The SMILES string of the molecule is CCc1noc(-c2ccc(CSCC(=O)O)cc2)c1NC(=O)OC(C)c1ccccc1Cl. The maximum atomic E-state index is 12.6. The molecular weight excluding hydrogens is 452 g/mol. The van der Waals surface area contributed by atoms with Crippen LogP contribution in [0.2, 0.25) is 5.02 Å². The molecule has 2 N–H and O–H groups in total. The van der Waals surface area contributed by atoms with Gasteiger partial charge in [-0.2, -0.15) is 0 Å². The first-order valence-electron chi connectivity index (χ1n) is 9.98. The van der Waals surface area contributed by atoms with Crippen LogP contribution < -0.4 is 5.32 Å². The third-order valence-corrected chi connectivity index (χ3v) is 5.99. The van der Waals surface area contributed by atoms with Crippen molar-refractivity contribution in [2.75, 3.05) is 11.1 Å². The van der Waals surface area contributed by atoms with Gasteiger partial charge in [-0.15, -0.1) is 11.8 Å². The summed E-state index contributed by atoms with van der Waals surface area (Å²) >= 11 is 7.51. The molecule has 0 spiro atoms. The highest BCUT2D eigenvalue weighted by Crippen LogP contribution is 2.33. The summed E-state index contributed by atoms with van der Waals surface area (Å²) in [6.07, 6.45) is -0.624. The number of thioether (sulfide) groups is 1. The number of nitrogens with one attached hydrogen (secondary N) is 1. The zero-order valence-electron chi connectivity index (χ0n) is 17.6. The average molecular weight is 475 g/mol. The molecule has 3 rings (SSSR count). The Kier molecular flexibility index (Phi) is 8.19. The van der Waals surface area contributed by atoms with Crippen molar-refractivity contribution in [3.63, 3.8) is 0 Å². The van der Waals surface area contributed by atoms with Crippen LogP contribution in [0.3, 0.4) is 0 Å². The van der Waals surface area contributed by atoms with E-state index in [1.807, 2.05) is 43.3 Å². The quantitative estimate of drug-likeness (QED) is 0.381. The molecule has 0 radical (unpaired) electrons. The Bertz CT molecular complexity index is 1080. The van der Waals surface area contributed by atoms with E-state index in [0.29, 0.717) is 39.9 Å². The van der Waals surface area contributed by atoms with E-state index >= 15 is 0 Å². The van der Waals surface area contributed by atoms with Gasteiger partial charge in [0.05, 0.1) is 5.75 Å². The third-order valence-electron chi connectivity index (χ3n) is 4.66. The number of rotatable bonds is 9. The van der Waals surface area contributed by atoms with Gasteiger partial charge in [0.2, 0.25) is 0 Å². The molecule has 0 saturated carbocycles. The molecule has 2 aromatic carbocycles. The Labute approximate surface area is 195 Å². The first kappa shape index (κ1) is 23.7. The first-order chi connectivity index (χ1) is 15.4. The number of nitrogens with zero attached hydrogens (tertiary/aromatic N) is 1. The van der Waals surface area contributed by atoms with Gasteiger partial charge in [0.15, 0.2) is 5.76 Å². The van der Waals surface area contributed by atoms with Crippen molar-refractivity contribution in [2.24, 2.45) is 0 Å². The Balaban J connectivity index is 1.72. The molecule has 3 aromatic rings. The number of hydrogen-bond donors (Lipinski definition) is 2. The molecule has 1 aromatic heterocycles. The zero-order valence-corrected chi connectivity index (χ0v) is 19.2. The summed E-state index contributed by atoms with van der Waals surface area (Å²) in [7, 11) is 0.